The molecule has 0 saturated heterocycles. The molecule has 0 aromatic rings. The minimum absolute atomic E-state index is 0.675. The van der Waals surface area contributed by atoms with Gasteiger partial charge in [-0.25, -0.2) is 0 Å². The molecule has 16 heavy (non-hydrogen) atoms. The zero-order valence-electron chi connectivity index (χ0n) is 11.0. The van der Waals surface area contributed by atoms with Gasteiger partial charge in [0.2, 0.25) is 0 Å². The van der Waals surface area contributed by atoms with Crippen LogP contribution in [0.15, 0.2) is 0 Å². The van der Waals surface area contributed by atoms with E-state index in [-0.39, 0.29) is 0 Å². The molecule has 3 heteroatoms. The lowest BCUT2D eigenvalue weighted by molar-refractivity contribution is 0.245. The average molecular weight is 227 g/mol. The molecule has 0 spiro atoms. The van der Waals surface area contributed by atoms with Crippen LogP contribution >= 0.6 is 0 Å². The fourth-order valence-electron chi connectivity index (χ4n) is 2.71. The molecule has 2 atom stereocenters. The van der Waals surface area contributed by atoms with Crippen LogP contribution in [0.3, 0.4) is 0 Å². The van der Waals surface area contributed by atoms with Gasteiger partial charge in [0.25, 0.3) is 0 Å². The third kappa shape index (κ3) is 4.40. The van der Waals surface area contributed by atoms with Crippen LogP contribution in [0.4, 0.5) is 0 Å². The summed E-state index contributed by atoms with van der Waals surface area (Å²) in [6.07, 6.45) is 5.38. The Labute approximate surface area is 101 Å². The fraction of sp³-hybridized carbons (Fsp3) is 1.00. The summed E-state index contributed by atoms with van der Waals surface area (Å²) in [5.41, 5.74) is 5.83. The number of likely N-dealkylation sites (N-methyl/N-ethyl adjacent to an activating group) is 1. The number of nitrogens with zero attached hydrogens (tertiary/aromatic N) is 1. The smallest absolute Gasteiger partial charge is 0.0108 e. The molecule has 1 fully saturated rings. The molecular formula is C13H29N3. The maximum atomic E-state index is 5.83. The maximum absolute atomic E-state index is 5.83. The summed E-state index contributed by atoms with van der Waals surface area (Å²) in [4.78, 5) is 2.47. The number of rotatable bonds is 7. The summed E-state index contributed by atoms with van der Waals surface area (Å²) >= 11 is 0. The molecule has 1 rings (SSSR count). The summed E-state index contributed by atoms with van der Waals surface area (Å²) in [6, 6.07) is 0.675. The lowest BCUT2D eigenvalue weighted by atomic mass is 9.84. The second kappa shape index (κ2) is 8.04. The standard InChI is InChI=1S/C13H29N3/c1-3-16(4-2)10-9-15-13-8-6-5-7-12(13)11-14/h12-13,15H,3-11,14H2,1-2H3. The van der Waals surface area contributed by atoms with Crippen LogP contribution in [0, 0.1) is 5.92 Å². The first-order valence-electron chi connectivity index (χ1n) is 6.97. The van der Waals surface area contributed by atoms with Crippen LogP contribution in [0.5, 0.6) is 0 Å². The summed E-state index contributed by atoms with van der Waals surface area (Å²) < 4.78 is 0. The fourth-order valence-corrected chi connectivity index (χ4v) is 2.71. The first-order chi connectivity index (χ1) is 7.81. The quantitative estimate of drug-likeness (QED) is 0.691. The molecule has 0 radical (unpaired) electrons. The normalized spacial score (nSPS) is 26.2. The Morgan fingerprint density at radius 2 is 1.88 bits per heavy atom. The molecular weight excluding hydrogens is 198 g/mol. The Bertz CT molecular complexity index is 169. The lowest BCUT2D eigenvalue weighted by Gasteiger charge is -2.32. The topological polar surface area (TPSA) is 41.3 Å². The second-order valence-electron chi connectivity index (χ2n) is 4.87. The van der Waals surface area contributed by atoms with Crippen molar-refractivity contribution in [3.05, 3.63) is 0 Å². The van der Waals surface area contributed by atoms with Crippen molar-refractivity contribution in [1.29, 1.82) is 0 Å². The van der Waals surface area contributed by atoms with E-state index in [0.717, 1.165) is 26.2 Å². The molecule has 3 N–H and O–H groups in total. The number of hydrogen-bond acceptors (Lipinski definition) is 3. The summed E-state index contributed by atoms with van der Waals surface area (Å²) in [5, 5.41) is 3.70. The lowest BCUT2D eigenvalue weighted by Crippen LogP contribution is -2.44. The summed E-state index contributed by atoms with van der Waals surface area (Å²) in [5.74, 6) is 0.713. The maximum Gasteiger partial charge on any atom is 0.0108 e. The SMILES string of the molecule is CCN(CC)CCNC1CCCCC1CN. The first-order valence-corrected chi connectivity index (χ1v) is 6.97. The van der Waals surface area contributed by atoms with E-state index in [2.05, 4.69) is 24.1 Å². The van der Waals surface area contributed by atoms with Gasteiger partial charge in [-0.15, -0.1) is 0 Å². The zero-order valence-corrected chi connectivity index (χ0v) is 11.0. The third-order valence-electron chi connectivity index (χ3n) is 3.94. The highest BCUT2D eigenvalue weighted by molar-refractivity contribution is 4.81. The minimum Gasteiger partial charge on any atom is -0.330 e. The Morgan fingerprint density at radius 1 is 1.19 bits per heavy atom. The van der Waals surface area contributed by atoms with E-state index in [1.807, 2.05) is 0 Å². The van der Waals surface area contributed by atoms with E-state index in [9.17, 15) is 0 Å². The monoisotopic (exact) mass is 227 g/mol. The first kappa shape index (κ1) is 13.9. The summed E-state index contributed by atoms with van der Waals surface area (Å²) in [7, 11) is 0. The van der Waals surface area contributed by atoms with Crippen molar-refractivity contribution in [2.24, 2.45) is 11.7 Å². The van der Waals surface area contributed by atoms with Gasteiger partial charge in [-0.2, -0.15) is 0 Å². The van der Waals surface area contributed by atoms with Crippen LogP contribution in [-0.2, 0) is 0 Å². The van der Waals surface area contributed by atoms with Gasteiger partial charge in [0.15, 0.2) is 0 Å². The van der Waals surface area contributed by atoms with Crippen molar-refractivity contribution in [3.63, 3.8) is 0 Å². The molecule has 0 heterocycles. The van der Waals surface area contributed by atoms with Crippen LogP contribution in [-0.4, -0.2) is 43.7 Å². The average Bonchev–Trinajstić information content (AvgIpc) is 2.35. The zero-order chi connectivity index (χ0) is 11.8. The van der Waals surface area contributed by atoms with Crippen molar-refractivity contribution in [2.75, 3.05) is 32.7 Å². The molecule has 1 aliphatic carbocycles. The van der Waals surface area contributed by atoms with Crippen LogP contribution < -0.4 is 11.1 Å². The number of nitrogens with one attached hydrogen (secondary N) is 1. The largest absolute Gasteiger partial charge is 0.330 e. The molecule has 0 amide bonds. The van der Waals surface area contributed by atoms with E-state index in [1.165, 1.54) is 32.2 Å². The predicted molar refractivity (Wildman–Crippen MR) is 70.6 cm³/mol. The molecule has 2 unspecified atom stereocenters. The highest BCUT2D eigenvalue weighted by Crippen LogP contribution is 2.23. The molecule has 0 aromatic heterocycles. The van der Waals surface area contributed by atoms with Gasteiger partial charge < -0.3 is 16.0 Å². The van der Waals surface area contributed by atoms with Gasteiger partial charge in [-0.05, 0) is 38.4 Å². The van der Waals surface area contributed by atoms with Crippen molar-refractivity contribution in [1.82, 2.24) is 10.2 Å². The number of nitrogens with two attached hydrogens (primary N) is 1. The van der Waals surface area contributed by atoms with Gasteiger partial charge in [0.05, 0.1) is 0 Å². The molecule has 1 saturated carbocycles. The van der Waals surface area contributed by atoms with Gasteiger partial charge in [-0.3, -0.25) is 0 Å². The van der Waals surface area contributed by atoms with E-state index in [0.29, 0.717) is 12.0 Å². The van der Waals surface area contributed by atoms with Crippen molar-refractivity contribution in [2.45, 2.75) is 45.6 Å². The van der Waals surface area contributed by atoms with Crippen LogP contribution in [0.1, 0.15) is 39.5 Å². The molecule has 0 aromatic carbocycles. The molecule has 3 nitrogen and oxygen atoms in total. The van der Waals surface area contributed by atoms with E-state index < -0.39 is 0 Å². The Kier molecular flexibility index (Phi) is 7.01. The highest BCUT2D eigenvalue weighted by atomic mass is 15.1. The second-order valence-corrected chi connectivity index (χ2v) is 4.87. The Morgan fingerprint density at radius 3 is 2.50 bits per heavy atom. The molecule has 0 aliphatic heterocycles. The van der Waals surface area contributed by atoms with Crippen molar-refractivity contribution >= 4 is 0 Å². The van der Waals surface area contributed by atoms with E-state index in [4.69, 9.17) is 5.73 Å². The van der Waals surface area contributed by atoms with Gasteiger partial charge in [0.1, 0.15) is 0 Å². The van der Waals surface area contributed by atoms with Crippen LogP contribution in [0.2, 0.25) is 0 Å². The van der Waals surface area contributed by atoms with Crippen molar-refractivity contribution in [3.8, 4) is 0 Å². The van der Waals surface area contributed by atoms with Gasteiger partial charge >= 0.3 is 0 Å². The number of hydrogen-bond donors (Lipinski definition) is 2. The third-order valence-corrected chi connectivity index (χ3v) is 3.94. The van der Waals surface area contributed by atoms with Crippen LogP contribution in [0.25, 0.3) is 0 Å². The van der Waals surface area contributed by atoms with Gasteiger partial charge in [0, 0.05) is 19.1 Å². The molecule has 1 aliphatic rings. The molecule has 96 valence electrons. The summed E-state index contributed by atoms with van der Waals surface area (Å²) in [6.45, 7) is 9.90. The van der Waals surface area contributed by atoms with E-state index >= 15 is 0 Å². The minimum atomic E-state index is 0.675. The Hall–Kier alpha value is -0.120. The predicted octanol–water partition coefficient (Wildman–Crippen LogP) is 1.44. The Balaban J connectivity index is 2.19. The van der Waals surface area contributed by atoms with Crippen molar-refractivity contribution < 1.29 is 0 Å². The molecule has 0 bridgehead atoms. The van der Waals surface area contributed by atoms with Gasteiger partial charge in [-0.1, -0.05) is 26.7 Å². The highest BCUT2D eigenvalue weighted by Gasteiger charge is 2.22. The van der Waals surface area contributed by atoms with E-state index in [1.54, 1.807) is 0 Å².